The van der Waals surface area contributed by atoms with Gasteiger partial charge in [0, 0.05) is 0 Å². The van der Waals surface area contributed by atoms with Crippen molar-refractivity contribution in [3.05, 3.63) is 59.7 Å². The summed E-state index contributed by atoms with van der Waals surface area (Å²) in [5.41, 5.74) is 2.36. The van der Waals surface area contributed by atoms with E-state index in [1.54, 1.807) is 25.3 Å². The van der Waals surface area contributed by atoms with Crippen LogP contribution in [0.1, 0.15) is 43.9 Å². The summed E-state index contributed by atoms with van der Waals surface area (Å²) in [6.07, 6.45) is 2.16. The van der Waals surface area contributed by atoms with Gasteiger partial charge in [-0.2, -0.15) is 0 Å². The van der Waals surface area contributed by atoms with Crippen LogP contribution in [0.3, 0.4) is 0 Å². The first-order valence-electron chi connectivity index (χ1n) is 9.71. The van der Waals surface area contributed by atoms with Gasteiger partial charge in [0.2, 0.25) is 15.9 Å². The molecule has 0 saturated carbocycles. The number of nitrogens with one attached hydrogen (secondary N) is 1. The van der Waals surface area contributed by atoms with E-state index >= 15 is 0 Å². The van der Waals surface area contributed by atoms with Gasteiger partial charge in [-0.1, -0.05) is 38.1 Å². The van der Waals surface area contributed by atoms with Crippen molar-refractivity contribution in [1.82, 2.24) is 5.32 Å². The Morgan fingerprint density at radius 1 is 1.10 bits per heavy atom. The molecule has 0 bridgehead atoms. The topological polar surface area (TPSA) is 75.7 Å². The fourth-order valence-corrected chi connectivity index (χ4v) is 4.55. The van der Waals surface area contributed by atoms with Gasteiger partial charge >= 0.3 is 0 Å². The Balaban J connectivity index is 2.32. The molecule has 0 saturated heterocycles. The lowest BCUT2D eigenvalue weighted by Gasteiger charge is -2.31. The molecular formula is C22H30N2O4S. The Hall–Kier alpha value is -2.54. The highest BCUT2D eigenvalue weighted by Crippen LogP contribution is 2.25. The SMILES string of the molecule is CC[C@H](NC(=O)[C@H](CC)N(c1cccc(C)c1)S(C)(=O)=O)c1ccc(OC)cc1. The van der Waals surface area contributed by atoms with Crippen LogP contribution >= 0.6 is 0 Å². The van der Waals surface area contributed by atoms with Crippen molar-refractivity contribution in [2.24, 2.45) is 0 Å². The van der Waals surface area contributed by atoms with Crippen molar-refractivity contribution in [1.29, 1.82) is 0 Å². The van der Waals surface area contributed by atoms with Crippen LogP contribution in [0.2, 0.25) is 0 Å². The number of benzene rings is 2. The van der Waals surface area contributed by atoms with E-state index in [1.165, 1.54) is 4.31 Å². The lowest BCUT2D eigenvalue weighted by atomic mass is 10.0. The minimum Gasteiger partial charge on any atom is -0.497 e. The van der Waals surface area contributed by atoms with Gasteiger partial charge in [-0.05, 0) is 55.2 Å². The number of ether oxygens (including phenoxy) is 1. The van der Waals surface area contributed by atoms with E-state index in [0.717, 1.165) is 23.1 Å². The van der Waals surface area contributed by atoms with Crippen LogP contribution in [-0.4, -0.2) is 33.7 Å². The predicted molar refractivity (Wildman–Crippen MR) is 117 cm³/mol. The number of hydrogen-bond donors (Lipinski definition) is 1. The van der Waals surface area contributed by atoms with Crippen molar-refractivity contribution in [2.45, 2.75) is 45.7 Å². The van der Waals surface area contributed by atoms with Gasteiger partial charge < -0.3 is 10.1 Å². The molecule has 6 nitrogen and oxygen atoms in total. The standard InChI is InChI=1S/C22H30N2O4S/c1-6-20(17-11-13-19(28-4)14-12-17)23-22(25)21(7-2)24(29(5,26)27)18-10-8-9-16(3)15-18/h8-15,20-21H,6-7H2,1-5H3,(H,23,25)/t20-,21-/m0/s1. The highest BCUT2D eigenvalue weighted by molar-refractivity contribution is 7.92. The van der Waals surface area contributed by atoms with Crippen LogP contribution < -0.4 is 14.4 Å². The van der Waals surface area contributed by atoms with E-state index in [2.05, 4.69) is 5.32 Å². The first kappa shape index (κ1) is 22.7. The lowest BCUT2D eigenvalue weighted by Crippen LogP contribution is -2.50. The van der Waals surface area contributed by atoms with Crippen LogP contribution in [0, 0.1) is 6.92 Å². The minimum atomic E-state index is -3.65. The molecular weight excluding hydrogens is 388 g/mol. The summed E-state index contributed by atoms with van der Waals surface area (Å²) in [6, 6.07) is 13.6. The van der Waals surface area contributed by atoms with E-state index in [0.29, 0.717) is 18.5 Å². The largest absolute Gasteiger partial charge is 0.497 e. The van der Waals surface area contributed by atoms with Gasteiger partial charge in [0.1, 0.15) is 11.8 Å². The predicted octanol–water partition coefficient (Wildman–Crippen LogP) is 3.82. The van der Waals surface area contributed by atoms with Gasteiger partial charge in [-0.3, -0.25) is 9.10 Å². The number of methoxy groups -OCH3 is 1. The molecule has 0 heterocycles. The van der Waals surface area contributed by atoms with Crippen LogP contribution in [0.4, 0.5) is 5.69 Å². The zero-order chi connectivity index (χ0) is 21.6. The number of carbonyl (C=O) groups excluding carboxylic acids is 1. The summed E-state index contributed by atoms with van der Waals surface area (Å²) in [6.45, 7) is 5.68. The van der Waals surface area contributed by atoms with E-state index in [9.17, 15) is 13.2 Å². The smallest absolute Gasteiger partial charge is 0.244 e. The van der Waals surface area contributed by atoms with Gasteiger partial charge in [-0.25, -0.2) is 8.42 Å². The number of aryl methyl sites for hydroxylation is 1. The zero-order valence-corrected chi connectivity index (χ0v) is 18.5. The third-order valence-corrected chi connectivity index (χ3v) is 6.01. The van der Waals surface area contributed by atoms with Gasteiger partial charge in [0.15, 0.2) is 0 Å². The number of sulfonamides is 1. The molecule has 0 unspecified atom stereocenters. The molecule has 0 aromatic heterocycles. The van der Waals surface area contributed by atoms with Crippen molar-refractivity contribution in [3.8, 4) is 5.75 Å². The molecule has 0 aliphatic carbocycles. The highest BCUT2D eigenvalue weighted by atomic mass is 32.2. The third-order valence-electron chi connectivity index (χ3n) is 4.83. The zero-order valence-electron chi connectivity index (χ0n) is 17.7. The van der Waals surface area contributed by atoms with Crippen molar-refractivity contribution < 1.29 is 17.9 Å². The first-order chi connectivity index (χ1) is 13.7. The van der Waals surface area contributed by atoms with Gasteiger partial charge in [0.25, 0.3) is 0 Å². The molecule has 1 amide bonds. The monoisotopic (exact) mass is 418 g/mol. The fourth-order valence-electron chi connectivity index (χ4n) is 3.35. The number of nitrogens with zero attached hydrogens (tertiary/aromatic N) is 1. The van der Waals surface area contributed by atoms with Crippen LogP contribution in [0.25, 0.3) is 0 Å². The second-order valence-corrected chi connectivity index (χ2v) is 8.92. The highest BCUT2D eigenvalue weighted by Gasteiger charge is 2.32. The number of anilines is 1. The number of hydrogen-bond acceptors (Lipinski definition) is 4. The average Bonchev–Trinajstić information content (AvgIpc) is 2.69. The molecule has 0 aliphatic heterocycles. The number of carbonyl (C=O) groups is 1. The van der Waals surface area contributed by atoms with Gasteiger partial charge in [-0.15, -0.1) is 0 Å². The number of rotatable bonds is 9. The molecule has 2 atom stereocenters. The van der Waals surface area contributed by atoms with Crippen molar-refractivity contribution >= 4 is 21.6 Å². The quantitative estimate of drug-likeness (QED) is 0.672. The average molecular weight is 419 g/mol. The Labute approximate surface area is 173 Å². The molecule has 0 spiro atoms. The third kappa shape index (κ3) is 5.73. The molecule has 2 aromatic carbocycles. The number of amides is 1. The molecule has 1 N–H and O–H groups in total. The normalized spacial score (nSPS) is 13.4. The summed E-state index contributed by atoms with van der Waals surface area (Å²) in [4.78, 5) is 13.1. The molecule has 7 heteroatoms. The summed E-state index contributed by atoms with van der Waals surface area (Å²) in [5.74, 6) is 0.422. The Morgan fingerprint density at radius 3 is 2.24 bits per heavy atom. The lowest BCUT2D eigenvalue weighted by molar-refractivity contribution is -0.123. The second-order valence-electron chi connectivity index (χ2n) is 7.06. The molecule has 0 aliphatic rings. The van der Waals surface area contributed by atoms with Crippen molar-refractivity contribution in [3.63, 3.8) is 0 Å². The second kappa shape index (κ2) is 9.78. The summed E-state index contributed by atoms with van der Waals surface area (Å²) >= 11 is 0. The maximum atomic E-state index is 13.1. The molecule has 2 rings (SSSR count). The summed E-state index contributed by atoms with van der Waals surface area (Å²) < 4.78 is 31.6. The van der Waals surface area contributed by atoms with Gasteiger partial charge in [0.05, 0.1) is 25.1 Å². The fraction of sp³-hybridized carbons (Fsp3) is 0.409. The summed E-state index contributed by atoms with van der Waals surface area (Å²) in [5, 5.41) is 3.02. The molecule has 2 aromatic rings. The maximum Gasteiger partial charge on any atom is 0.244 e. The van der Waals surface area contributed by atoms with Crippen molar-refractivity contribution in [2.75, 3.05) is 17.7 Å². The van der Waals surface area contributed by atoms with Crippen LogP contribution in [-0.2, 0) is 14.8 Å². The van der Waals surface area contributed by atoms with E-state index in [4.69, 9.17) is 4.74 Å². The van der Waals surface area contributed by atoms with Crippen LogP contribution in [0.15, 0.2) is 48.5 Å². The Morgan fingerprint density at radius 2 is 1.76 bits per heavy atom. The first-order valence-corrected chi connectivity index (χ1v) is 11.6. The molecule has 0 radical (unpaired) electrons. The Kier molecular flexibility index (Phi) is 7.67. The van der Waals surface area contributed by atoms with Crippen LogP contribution in [0.5, 0.6) is 5.75 Å². The molecule has 29 heavy (non-hydrogen) atoms. The van der Waals surface area contributed by atoms with E-state index < -0.39 is 16.1 Å². The maximum absolute atomic E-state index is 13.1. The van der Waals surface area contributed by atoms with E-state index in [1.807, 2.05) is 51.1 Å². The van der Waals surface area contributed by atoms with E-state index in [-0.39, 0.29) is 11.9 Å². The summed E-state index contributed by atoms with van der Waals surface area (Å²) in [7, 11) is -2.05. The minimum absolute atomic E-state index is 0.221. The molecule has 158 valence electrons. The Bertz CT molecular complexity index is 926. The molecule has 0 fully saturated rings.